The average Bonchev–Trinajstić information content (AvgIpc) is 3.19. The minimum atomic E-state index is -0.210. The molecule has 6 nitrogen and oxygen atoms in total. The lowest BCUT2D eigenvalue weighted by molar-refractivity contribution is -0.113. The summed E-state index contributed by atoms with van der Waals surface area (Å²) in [6, 6.07) is 16.7. The first-order valence-corrected chi connectivity index (χ1v) is 11.1. The monoisotopic (exact) mass is 469 g/mol. The van der Waals surface area contributed by atoms with Gasteiger partial charge in [-0.2, -0.15) is 0 Å². The number of aromatic nitrogens is 4. The number of carbonyl (C=O) groups is 1. The summed E-state index contributed by atoms with van der Waals surface area (Å²) >= 11 is 13.3. The van der Waals surface area contributed by atoms with E-state index >= 15 is 0 Å². The van der Waals surface area contributed by atoms with Crippen LogP contribution in [0.2, 0.25) is 10.0 Å². The van der Waals surface area contributed by atoms with E-state index in [-0.39, 0.29) is 11.7 Å². The van der Waals surface area contributed by atoms with Gasteiger partial charge in [0.15, 0.2) is 11.0 Å². The zero-order valence-electron chi connectivity index (χ0n) is 16.4. The van der Waals surface area contributed by atoms with E-state index in [0.717, 1.165) is 16.8 Å². The fraction of sp³-hybridized carbons (Fsp3) is 0.0909. The van der Waals surface area contributed by atoms with Crippen LogP contribution >= 0.6 is 35.0 Å². The number of hydrogen-bond donors (Lipinski definition) is 1. The van der Waals surface area contributed by atoms with Gasteiger partial charge in [-0.3, -0.25) is 14.3 Å². The van der Waals surface area contributed by atoms with E-state index in [0.29, 0.717) is 26.7 Å². The van der Waals surface area contributed by atoms with Crippen molar-refractivity contribution in [3.63, 3.8) is 0 Å². The van der Waals surface area contributed by atoms with Crippen LogP contribution in [-0.4, -0.2) is 31.4 Å². The fourth-order valence-electron chi connectivity index (χ4n) is 2.89. The number of pyridine rings is 1. The molecular formula is C22H17Cl2N5OS. The van der Waals surface area contributed by atoms with Gasteiger partial charge in [0, 0.05) is 28.7 Å². The lowest BCUT2D eigenvalue weighted by Gasteiger charge is -2.11. The Hall–Kier alpha value is -2.87. The Morgan fingerprint density at radius 3 is 2.48 bits per heavy atom. The van der Waals surface area contributed by atoms with Gasteiger partial charge in [-0.1, -0.05) is 52.7 Å². The predicted octanol–water partition coefficient (Wildman–Crippen LogP) is 5.68. The molecule has 0 atom stereocenters. The van der Waals surface area contributed by atoms with Crippen molar-refractivity contribution in [3.8, 4) is 17.1 Å². The molecule has 0 bridgehead atoms. The van der Waals surface area contributed by atoms with Crippen LogP contribution in [0.4, 0.5) is 5.69 Å². The Kier molecular flexibility index (Phi) is 6.56. The zero-order chi connectivity index (χ0) is 21.8. The van der Waals surface area contributed by atoms with Gasteiger partial charge in [-0.15, -0.1) is 10.2 Å². The van der Waals surface area contributed by atoms with Crippen LogP contribution in [0.3, 0.4) is 0 Å². The second-order valence-corrected chi connectivity index (χ2v) is 8.46. The van der Waals surface area contributed by atoms with Crippen LogP contribution in [0.1, 0.15) is 5.56 Å². The van der Waals surface area contributed by atoms with E-state index in [4.69, 9.17) is 23.2 Å². The third-order valence-electron chi connectivity index (χ3n) is 4.40. The van der Waals surface area contributed by atoms with Crippen LogP contribution in [0.5, 0.6) is 0 Å². The fourth-order valence-corrected chi connectivity index (χ4v) is 4.09. The maximum Gasteiger partial charge on any atom is 0.234 e. The van der Waals surface area contributed by atoms with Crippen molar-refractivity contribution in [2.24, 2.45) is 0 Å². The second kappa shape index (κ2) is 9.51. The molecule has 0 saturated carbocycles. The Balaban J connectivity index is 1.58. The van der Waals surface area contributed by atoms with Gasteiger partial charge in [-0.05, 0) is 49.4 Å². The minimum Gasteiger partial charge on any atom is -0.324 e. The molecule has 1 N–H and O–H groups in total. The second-order valence-electron chi connectivity index (χ2n) is 6.67. The first-order valence-electron chi connectivity index (χ1n) is 9.32. The molecule has 0 aliphatic heterocycles. The molecule has 2 aromatic carbocycles. The molecule has 4 rings (SSSR count). The van der Waals surface area contributed by atoms with Gasteiger partial charge in [-0.25, -0.2) is 0 Å². The molecule has 0 fully saturated rings. The van der Waals surface area contributed by atoms with Crippen LogP contribution < -0.4 is 5.32 Å². The summed E-state index contributed by atoms with van der Waals surface area (Å²) in [6.07, 6.45) is 3.42. The molecule has 0 unspecified atom stereocenters. The molecule has 0 aliphatic carbocycles. The molecule has 1 amide bonds. The van der Waals surface area contributed by atoms with Crippen LogP contribution in [0.15, 0.2) is 72.1 Å². The molecule has 0 spiro atoms. The van der Waals surface area contributed by atoms with Gasteiger partial charge in [0.05, 0.1) is 16.5 Å². The number of thioether (sulfide) groups is 1. The molecule has 0 saturated heterocycles. The van der Waals surface area contributed by atoms with E-state index in [2.05, 4.69) is 20.5 Å². The number of aryl methyl sites for hydroxylation is 1. The molecule has 31 heavy (non-hydrogen) atoms. The Labute approximate surface area is 193 Å². The molecule has 9 heteroatoms. The van der Waals surface area contributed by atoms with E-state index in [1.54, 1.807) is 30.6 Å². The smallest absolute Gasteiger partial charge is 0.234 e. The molecule has 0 aliphatic rings. The predicted molar refractivity (Wildman–Crippen MR) is 125 cm³/mol. The average molecular weight is 470 g/mol. The van der Waals surface area contributed by atoms with Gasteiger partial charge in [0.2, 0.25) is 5.91 Å². The third-order valence-corrected chi connectivity index (χ3v) is 5.88. The number of nitrogens with zero attached hydrogens (tertiary/aromatic N) is 4. The molecule has 0 radical (unpaired) electrons. The number of benzene rings is 2. The maximum atomic E-state index is 12.5. The molecule has 156 valence electrons. The minimum absolute atomic E-state index is 0.138. The van der Waals surface area contributed by atoms with E-state index in [1.165, 1.54) is 11.8 Å². The van der Waals surface area contributed by atoms with E-state index in [9.17, 15) is 4.79 Å². The summed E-state index contributed by atoms with van der Waals surface area (Å²) in [6.45, 7) is 2.03. The standard InChI is InChI=1S/C22H17Cl2N5OS/c1-14-2-5-17(6-3-14)29-21(15-8-10-25-11-9-15)27-28-22(29)31-13-20(30)26-19-7-4-16(23)12-18(19)24/h2-12H,13H2,1H3,(H,26,30). The Morgan fingerprint density at radius 1 is 1.03 bits per heavy atom. The Bertz CT molecular complexity index is 1210. The lowest BCUT2D eigenvalue weighted by Crippen LogP contribution is -2.15. The van der Waals surface area contributed by atoms with Gasteiger partial charge < -0.3 is 5.32 Å². The van der Waals surface area contributed by atoms with Crippen molar-refractivity contribution in [1.29, 1.82) is 0 Å². The lowest BCUT2D eigenvalue weighted by atomic mass is 10.2. The SMILES string of the molecule is Cc1ccc(-n2c(SCC(=O)Nc3ccc(Cl)cc3Cl)nnc2-c2ccncc2)cc1. The number of anilines is 1. The maximum absolute atomic E-state index is 12.5. The van der Waals surface area contributed by atoms with Gasteiger partial charge in [0.25, 0.3) is 0 Å². The highest BCUT2D eigenvalue weighted by atomic mass is 35.5. The van der Waals surface area contributed by atoms with Crippen molar-refractivity contribution >= 4 is 46.6 Å². The first kappa shape index (κ1) is 21.4. The summed E-state index contributed by atoms with van der Waals surface area (Å²) in [4.78, 5) is 16.6. The first-order chi connectivity index (χ1) is 15.0. The molecule has 2 heterocycles. The number of rotatable bonds is 6. The Morgan fingerprint density at radius 2 is 1.77 bits per heavy atom. The third kappa shape index (κ3) is 5.07. The summed E-state index contributed by atoms with van der Waals surface area (Å²) < 4.78 is 1.93. The normalized spacial score (nSPS) is 10.8. The van der Waals surface area contributed by atoms with Gasteiger partial charge >= 0.3 is 0 Å². The van der Waals surface area contributed by atoms with E-state index in [1.807, 2.05) is 47.9 Å². The molecule has 2 aromatic heterocycles. The summed E-state index contributed by atoms with van der Waals surface area (Å²) in [5.74, 6) is 0.604. The van der Waals surface area contributed by atoms with Crippen molar-refractivity contribution in [1.82, 2.24) is 19.7 Å². The molecular weight excluding hydrogens is 453 g/mol. The number of hydrogen-bond acceptors (Lipinski definition) is 5. The zero-order valence-corrected chi connectivity index (χ0v) is 18.7. The van der Waals surface area contributed by atoms with Crippen LogP contribution in [0.25, 0.3) is 17.1 Å². The summed E-state index contributed by atoms with van der Waals surface area (Å²) in [7, 11) is 0. The van der Waals surface area contributed by atoms with Crippen molar-refractivity contribution in [2.75, 3.05) is 11.1 Å². The van der Waals surface area contributed by atoms with Crippen LogP contribution in [0, 0.1) is 6.92 Å². The van der Waals surface area contributed by atoms with Crippen molar-refractivity contribution in [2.45, 2.75) is 12.1 Å². The highest BCUT2D eigenvalue weighted by Crippen LogP contribution is 2.29. The highest BCUT2D eigenvalue weighted by molar-refractivity contribution is 7.99. The molecule has 4 aromatic rings. The highest BCUT2D eigenvalue weighted by Gasteiger charge is 2.17. The summed E-state index contributed by atoms with van der Waals surface area (Å²) in [5.41, 5.74) is 3.45. The van der Waals surface area contributed by atoms with Crippen LogP contribution in [-0.2, 0) is 4.79 Å². The quantitative estimate of drug-likeness (QED) is 0.368. The summed E-state index contributed by atoms with van der Waals surface area (Å²) in [5, 5.41) is 13.0. The van der Waals surface area contributed by atoms with Gasteiger partial charge in [0.1, 0.15) is 0 Å². The number of halogens is 2. The van der Waals surface area contributed by atoms with E-state index < -0.39 is 0 Å². The number of nitrogens with one attached hydrogen (secondary N) is 1. The topological polar surface area (TPSA) is 72.7 Å². The largest absolute Gasteiger partial charge is 0.324 e. The number of carbonyl (C=O) groups excluding carboxylic acids is 1. The van der Waals surface area contributed by atoms with Crippen molar-refractivity contribution in [3.05, 3.63) is 82.6 Å². The van der Waals surface area contributed by atoms with Crippen molar-refractivity contribution < 1.29 is 4.79 Å². The number of amides is 1.